The van der Waals surface area contributed by atoms with Crippen LogP contribution in [0.1, 0.15) is 41.5 Å². The van der Waals surface area contributed by atoms with Crippen LogP contribution in [0, 0.1) is 0 Å². The summed E-state index contributed by atoms with van der Waals surface area (Å²) >= 11 is 0. The van der Waals surface area contributed by atoms with E-state index in [9.17, 15) is 9.59 Å². The second-order valence-corrected chi connectivity index (χ2v) is 7.02. The molecule has 0 saturated heterocycles. The molecule has 0 aromatic heterocycles. The number of carbonyl (C=O) groups is 2. The van der Waals surface area contributed by atoms with Gasteiger partial charge in [-0.05, 0) is 45.0 Å². The van der Waals surface area contributed by atoms with Gasteiger partial charge in [0.25, 0.3) is 11.8 Å². The summed E-state index contributed by atoms with van der Waals surface area (Å²) in [6.07, 6.45) is 0. The Morgan fingerprint density at radius 3 is 1.59 bits per heavy atom. The average molecular weight is 370 g/mol. The zero-order chi connectivity index (χ0) is 20.2. The lowest BCUT2D eigenvalue weighted by Gasteiger charge is -2.41. The molecule has 2 amide bonds. The molecule has 2 aromatic rings. The number of methoxy groups -OCH3 is 2. The molecule has 144 valence electrons. The molecule has 0 aliphatic carbocycles. The van der Waals surface area contributed by atoms with E-state index in [-0.39, 0.29) is 11.8 Å². The number of benzene rings is 2. The van der Waals surface area contributed by atoms with Gasteiger partial charge in [0.1, 0.15) is 11.5 Å². The molecule has 0 heterocycles. The van der Waals surface area contributed by atoms with E-state index in [1.54, 1.807) is 55.6 Å². The largest absolute Gasteiger partial charge is 0.496 e. The van der Waals surface area contributed by atoms with Crippen LogP contribution in [0.5, 0.6) is 11.5 Å². The molecule has 0 bridgehead atoms. The first-order valence-corrected chi connectivity index (χ1v) is 8.61. The van der Waals surface area contributed by atoms with Gasteiger partial charge in [-0.25, -0.2) is 10.0 Å². The molecule has 0 atom stereocenters. The van der Waals surface area contributed by atoms with Crippen LogP contribution >= 0.6 is 0 Å². The lowest BCUT2D eigenvalue weighted by atomic mass is 10.1. The van der Waals surface area contributed by atoms with E-state index in [0.29, 0.717) is 22.6 Å². The highest BCUT2D eigenvalue weighted by atomic mass is 16.5. The smallest absolute Gasteiger partial charge is 0.276 e. The summed E-state index contributed by atoms with van der Waals surface area (Å²) in [6, 6.07) is 13.9. The third-order valence-electron chi connectivity index (χ3n) is 4.10. The Kier molecular flexibility index (Phi) is 6.10. The lowest BCUT2D eigenvalue weighted by molar-refractivity contribution is -0.0311. The van der Waals surface area contributed by atoms with Crippen LogP contribution < -0.4 is 9.47 Å². The number of nitrogens with zero attached hydrogens (tertiary/aromatic N) is 2. The molecule has 0 aliphatic heterocycles. The average Bonchev–Trinajstić information content (AvgIpc) is 2.66. The molecule has 0 radical (unpaired) electrons. The van der Waals surface area contributed by atoms with Crippen LogP contribution in [0.4, 0.5) is 0 Å². The Labute approximate surface area is 160 Å². The Balaban J connectivity index is 2.47. The first-order valence-electron chi connectivity index (χ1n) is 8.61. The Morgan fingerprint density at radius 1 is 0.778 bits per heavy atom. The third kappa shape index (κ3) is 4.22. The number of rotatable bonds is 4. The van der Waals surface area contributed by atoms with Crippen LogP contribution in [0.3, 0.4) is 0 Å². The quantitative estimate of drug-likeness (QED) is 0.771. The fourth-order valence-electron chi connectivity index (χ4n) is 2.91. The highest BCUT2D eigenvalue weighted by molar-refractivity contribution is 6.01. The molecule has 0 unspecified atom stereocenters. The summed E-state index contributed by atoms with van der Waals surface area (Å²) in [7, 11) is 4.60. The van der Waals surface area contributed by atoms with Gasteiger partial charge in [0.2, 0.25) is 0 Å². The zero-order valence-electron chi connectivity index (χ0n) is 16.6. The van der Waals surface area contributed by atoms with E-state index in [1.807, 2.05) is 20.8 Å². The van der Waals surface area contributed by atoms with Gasteiger partial charge in [-0.1, -0.05) is 24.3 Å². The topological polar surface area (TPSA) is 59.1 Å². The zero-order valence-corrected chi connectivity index (χ0v) is 16.6. The van der Waals surface area contributed by atoms with Gasteiger partial charge >= 0.3 is 0 Å². The van der Waals surface area contributed by atoms with Gasteiger partial charge in [0, 0.05) is 7.05 Å². The predicted octanol–water partition coefficient (Wildman–Crippen LogP) is 3.63. The van der Waals surface area contributed by atoms with Crippen molar-refractivity contribution in [3.8, 4) is 11.5 Å². The molecule has 2 aromatic carbocycles. The summed E-state index contributed by atoms with van der Waals surface area (Å²) < 4.78 is 10.6. The molecule has 27 heavy (non-hydrogen) atoms. The highest BCUT2D eigenvalue weighted by Gasteiger charge is 2.35. The minimum absolute atomic E-state index is 0.328. The fraction of sp³-hybridized carbons (Fsp3) is 0.333. The van der Waals surface area contributed by atoms with Crippen molar-refractivity contribution in [3.05, 3.63) is 59.7 Å². The fourth-order valence-corrected chi connectivity index (χ4v) is 2.91. The van der Waals surface area contributed by atoms with Gasteiger partial charge in [-0.3, -0.25) is 9.59 Å². The van der Waals surface area contributed by atoms with E-state index < -0.39 is 5.54 Å². The summed E-state index contributed by atoms with van der Waals surface area (Å²) in [5, 5.41) is 2.76. The normalized spacial score (nSPS) is 10.9. The van der Waals surface area contributed by atoms with Crippen molar-refractivity contribution in [2.75, 3.05) is 21.3 Å². The maximum atomic E-state index is 13.3. The lowest BCUT2D eigenvalue weighted by Crippen LogP contribution is -2.56. The maximum Gasteiger partial charge on any atom is 0.276 e. The van der Waals surface area contributed by atoms with E-state index >= 15 is 0 Å². The highest BCUT2D eigenvalue weighted by Crippen LogP contribution is 2.27. The first-order chi connectivity index (χ1) is 12.7. The molecule has 0 saturated carbocycles. The number of amides is 2. The second-order valence-electron chi connectivity index (χ2n) is 7.02. The first kappa shape index (κ1) is 20.3. The second kappa shape index (κ2) is 8.12. The van der Waals surface area contributed by atoms with Gasteiger partial charge in [0.15, 0.2) is 0 Å². The van der Waals surface area contributed by atoms with E-state index in [0.717, 1.165) is 0 Å². The summed E-state index contributed by atoms with van der Waals surface area (Å²) in [5.74, 6) is 0.235. The van der Waals surface area contributed by atoms with Gasteiger partial charge in [0.05, 0.1) is 30.9 Å². The minimum atomic E-state index is -0.648. The molecule has 0 fully saturated rings. The summed E-state index contributed by atoms with van der Waals surface area (Å²) in [5.41, 5.74) is 0.115. The molecule has 2 rings (SSSR count). The molecule has 6 heteroatoms. The number of hydrogen-bond donors (Lipinski definition) is 0. The van der Waals surface area contributed by atoms with Gasteiger partial charge < -0.3 is 9.47 Å². The predicted molar refractivity (Wildman–Crippen MR) is 104 cm³/mol. The summed E-state index contributed by atoms with van der Waals surface area (Å²) in [6.45, 7) is 5.60. The molecule has 0 aliphatic rings. The van der Waals surface area contributed by atoms with Crippen molar-refractivity contribution in [2.45, 2.75) is 26.3 Å². The van der Waals surface area contributed by atoms with Crippen molar-refractivity contribution in [2.24, 2.45) is 0 Å². The van der Waals surface area contributed by atoms with Crippen molar-refractivity contribution < 1.29 is 19.1 Å². The maximum absolute atomic E-state index is 13.3. The number of ether oxygens (including phenoxy) is 2. The Bertz CT molecular complexity index is 827. The number of hydrogen-bond acceptors (Lipinski definition) is 4. The molecule has 6 nitrogen and oxygen atoms in total. The van der Waals surface area contributed by atoms with Crippen LogP contribution in [0.15, 0.2) is 48.5 Å². The molecular formula is C21H26N2O4. The number of para-hydroxylation sites is 2. The Morgan fingerprint density at radius 2 is 1.19 bits per heavy atom. The van der Waals surface area contributed by atoms with Crippen LogP contribution in [-0.4, -0.2) is 48.6 Å². The third-order valence-corrected chi connectivity index (χ3v) is 4.10. The van der Waals surface area contributed by atoms with Crippen molar-refractivity contribution in [1.29, 1.82) is 0 Å². The van der Waals surface area contributed by atoms with Crippen molar-refractivity contribution in [3.63, 3.8) is 0 Å². The molecular weight excluding hydrogens is 344 g/mol. The Hall–Kier alpha value is -3.02. The SMILES string of the molecule is COc1ccccc1C(=O)N(C)N(C(=O)c1ccccc1OC)C(C)(C)C. The van der Waals surface area contributed by atoms with E-state index in [4.69, 9.17) is 9.47 Å². The van der Waals surface area contributed by atoms with Gasteiger partial charge in [-0.2, -0.15) is 0 Å². The van der Waals surface area contributed by atoms with Crippen molar-refractivity contribution >= 4 is 11.8 Å². The molecule has 0 N–H and O–H groups in total. The minimum Gasteiger partial charge on any atom is -0.496 e. The monoisotopic (exact) mass is 370 g/mol. The number of hydrazine groups is 1. The number of carbonyl (C=O) groups excluding carboxylic acids is 2. The van der Waals surface area contributed by atoms with Crippen LogP contribution in [0.25, 0.3) is 0 Å². The van der Waals surface area contributed by atoms with E-state index in [2.05, 4.69) is 0 Å². The summed E-state index contributed by atoms with van der Waals surface area (Å²) in [4.78, 5) is 26.4. The van der Waals surface area contributed by atoms with Gasteiger partial charge in [-0.15, -0.1) is 0 Å². The van der Waals surface area contributed by atoms with Crippen LogP contribution in [-0.2, 0) is 0 Å². The van der Waals surface area contributed by atoms with E-state index in [1.165, 1.54) is 24.2 Å². The standard InChI is InChI=1S/C21H26N2O4/c1-21(2,3)23(20(25)16-12-8-10-14-18(16)27-6)22(4)19(24)15-11-7-9-13-17(15)26-5/h7-14H,1-6H3. The van der Waals surface area contributed by atoms with Crippen molar-refractivity contribution in [1.82, 2.24) is 10.0 Å². The molecule has 0 spiro atoms. The van der Waals surface area contributed by atoms with Crippen LogP contribution in [0.2, 0.25) is 0 Å².